The van der Waals surface area contributed by atoms with Crippen LogP contribution in [-0.4, -0.2) is 34.0 Å². The number of imidazole rings is 1. The number of carbonyl (C=O) groups is 1. The number of carboxylic acids is 1. The molecule has 1 fully saturated rings. The molecule has 170 valence electrons. The van der Waals surface area contributed by atoms with Gasteiger partial charge in [0.2, 0.25) is 9.84 Å². The Labute approximate surface area is 188 Å². The van der Waals surface area contributed by atoms with Crippen LogP contribution in [0.5, 0.6) is 0 Å². The summed E-state index contributed by atoms with van der Waals surface area (Å²) < 4.78 is 28.5. The molecule has 0 amide bonds. The van der Waals surface area contributed by atoms with E-state index in [4.69, 9.17) is 10.1 Å². The Bertz CT molecular complexity index is 1250. The molecule has 32 heavy (non-hydrogen) atoms. The van der Waals surface area contributed by atoms with E-state index in [1.807, 2.05) is 6.07 Å². The fourth-order valence-electron chi connectivity index (χ4n) is 4.45. The zero-order valence-electron chi connectivity index (χ0n) is 18.7. The molecule has 2 aromatic heterocycles. The Morgan fingerprint density at radius 3 is 2.44 bits per heavy atom. The van der Waals surface area contributed by atoms with Crippen molar-refractivity contribution in [2.75, 3.05) is 0 Å². The lowest BCUT2D eigenvalue weighted by Crippen LogP contribution is -2.22. The minimum absolute atomic E-state index is 0.0596. The van der Waals surface area contributed by atoms with Gasteiger partial charge in [-0.15, -0.1) is 0 Å². The average molecular weight is 456 g/mol. The molecule has 1 aromatic carbocycles. The van der Waals surface area contributed by atoms with Gasteiger partial charge < -0.3 is 9.67 Å². The van der Waals surface area contributed by atoms with Gasteiger partial charge in [-0.1, -0.05) is 40.0 Å². The molecular formula is C24H29N3O4S. The van der Waals surface area contributed by atoms with Crippen molar-refractivity contribution in [2.45, 2.75) is 74.8 Å². The maximum Gasteiger partial charge on any atom is 0.337 e. The Kier molecular flexibility index (Phi) is 5.83. The summed E-state index contributed by atoms with van der Waals surface area (Å²) in [7, 11) is -3.89. The van der Waals surface area contributed by atoms with E-state index in [-0.39, 0.29) is 20.9 Å². The zero-order valence-corrected chi connectivity index (χ0v) is 19.5. The summed E-state index contributed by atoms with van der Waals surface area (Å²) >= 11 is 0. The molecule has 0 saturated heterocycles. The summed E-state index contributed by atoms with van der Waals surface area (Å²) in [5.41, 5.74) is 1.35. The highest BCUT2D eigenvalue weighted by Crippen LogP contribution is 2.32. The summed E-state index contributed by atoms with van der Waals surface area (Å²) in [6.07, 6.45) is 7.32. The summed E-state index contributed by atoms with van der Waals surface area (Å²) in [4.78, 5) is 19.9. The van der Waals surface area contributed by atoms with E-state index in [0.29, 0.717) is 11.4 Å². The highest BCUT2D eigenvalue weighted by Gasteiger charge is 2.27. The second kappa shape index (κ2) is 8.31. The van der Waals surface area contributed by atoms with E-state index in [1.54, 1.807) is 12.1 Å². The van der Waals surface area contributed by atoms with Gasteiger partial charge in [-0.05, 0) is 49.1 Å². The van der Waals surface area contributed by atoms with E-state index in [0.717, 1.165) is 24.1 Å². The topological polar surface area (TPSA) is 102 Å². The molecule has 0 bridgehead atoms. The molecule has 0 radical (unpaired) electrons. The Balaban J connectivity index is 1.76. The molecule has 0 unspecified atom stereocenters. The van der Waals surface area contributed by atoms with E-state index < -0.39 is 15.8 Å². The van der Waals surface area contributed by atoms with Crippen molar-refractivity contribution in [2.24, 2.45) is 5.92 Å². The van der Waals surface area contributed by atoms with Crippen LogP contribution < -0.4 is 0 Å². The smallest absolute Gasteiger partial charge is 0.337 e. The first-order valence-corrected chi connectivity index (χ1v) is 12.5. The average Bonchev–Trinajstić information content (AvgIpc) is 3.13. The number of hydrogen-bond acceptors (Lipinski definition) is 5. The van der Waals surface area contributed by atoms with Gasteiger partial charge in [-0.3, -0.25) is 0 Å². The van der Waals surface area contributed by atoms with Gasteiger partial charge in [0, 0.05) is 18.2 Å². The second-order valence-electron chi connectivity index (χ2n) is 9.64. The maximum absolute atomic E-state index is 13.1. The number of sulfone groups is 1. The number of pyridine rings is 1. The lowest BCUT2D eigenvalue weighted by molar-refractivity contribution is 0.0696. The van der Waals surface area contributed by atoms with Crippen LogP contribution in [0.25, 0.3) is 11.0 Å². The van der Waals surface area contributed by atoms with Crippen LogP contribution in [0, 0.1) is 5.92 Å². The molecule has 1 aliphatic rings. The molecule has 1 aliphatic carbocycles. The van der Waals surface area contributed by atoms with Crippen molar-refractivity contribution >= 4 is 26.8 Å². The number of aromatic nitrogens is 3. The van der Waals surface area contributed by atoms with E-state index >= 15 is 0 Å². The first-order chi connectivity index (χ1) is 15.1. The number of aromatic carboxylic acids is 1. The van der Waals surface area contributed by atoms with E-state index in [2.05, 4.69) is 30.3 Å². The number of hydrogen-bond donors (Lipinski definition) is 1. The number of benzene rings is 1. The molecule has 1 N–H and O–H groups in total. The molecule has 7 nitrogen and oxygen atoms in total. The van der Waals surface area contributed by atoms with Crippen molar-refractivity contribution in [1.29, 1.82) is 0 Å². The number of fused-ring (bicyclic) bond motifs is 1. The van der Waals surface area contributed by atoms with Crippen LogP contribution >= 0.6 is 0 Å². The van der Waals surface area contributed by atoms with Crippen molar-refractivity contribution in [3.05, 3.63) is 47.9 Å². The minimum atomic E-state index is -3.89. The summed E-state index contributed by atoms with van der Waals surface area (Å²) in [5, 5.41) is 8.84. The van der Waals surface area contributed by atoms with Crippen LogP contribution in [0.3, 0.4) is 0 Å². The Morgan fingerprint density at radius 1 is 1.12 bits per heavy atom. The standard InChI is InChI=1S/C24H29N3O4S/c1-24(2,3)23-26-19-13-18(32(30,31)21-12-9-17(14-25-21)22(28)29)10-11-20(19)27(23)15-16-7-5-4-6-8-16/h9-14,16H,4-8,15H2,1-3H3,(H,28,29). The Morgan fingerprint density at radius 2 is 1.84 bits per heavy atom. The predicted molar refractivity (Wildman–Crippen MR) is 122 cm³/mol. The van der Waals surface area contributed by atoms with Gasteiger partial charge in [0.15, 0.2) is 5.03 Å². The van der Waals surface area contributed by atoms with Crippen molar-refractivity contribution in [3.63, 3.8) is 0 Å². The number of carboxylic acid groups (broad SMARTS) is 1. The van der Waals surface area contributed by atoms with Crippen molar-refractivity contribution in [1.82, 2.24) is 14.5 Å². The van der Waals surface area contributed by atoms with Gasteiger partial charge in [0.1, 0.15) is 5.82 Å². The van der Waals surface area contributed by atoms with Crippen molar-refractivity contribution in [3.8, 4) is 0 Å². The maximum atomic E-state index is 13.1. The molecule has 0 atom stereocenters. The van der Waals surface area contributed by atoms with Crippen LogP contribution in [0.4, 0.5) is 0 Å². The normalized spacial score (nSPS) is 15.8. The predicted octanol–water partition coefficient (Wildman–Crippen LogP) is 4.84. The quantitative estimate of drug-likeness (QED) is 0.591. The van der Waals surface area contributed by atoms with Gasteiger partial charge in [-0.2, -0.15) is 0 Å². The fraction of sp³-hybridized carbons (Fsp3) is 0.458. The molecule has 8 heteroatoms. The lowest BCUT2D eigenvalue weighted by atomic mass is 9.88. The summed E-state index contributed by atoms with van der Waals surface area (Å²) in [5.74, 6) is 0.417. The lowest BCUT2D eigenvalue weighted by Gasteiger charge is -2.26. The highest BCUT2D eigenvalue weighted by atomic mass is 32.2. The largest absolute Gasteiger partial charge is 0.478 e. The molecule has 1 saturated carbocycles. The van der Waals surface area contributed by atoms with Gasteiger partial charge in [-0.25, -0.2) is 23.2 Å². The fourth-order valence-corrected chi connectivity index (χ4v) is 5.64. The summed E-state index contributed by atoms with van der Waals surface area (Å²) in [6, 6.07) is 7.50. The Hall–Kier alpha value is -2.74. The van der Waals surface area contributed by atoms with Crippen LogP contribution in [0.1, 0.15) is 69.1 Å². The van der Waals surface area contributed by atoms with Crippen molar-refractivity contribution < 1.29 is 18.3 Å². The first-order valence-electron chi connectivity index (χ1n) is 11.0. The molecule has 3 aromatic rings. The highest BCUT2D eigenvalue weighted by molar-refractivity contribution is 7.91. The van der Waals surface area contributed by atoms with E-state index in [9.17, 15) is 13.2 Å². The van der Waals surface area contributed by atoms with Crippen LogP contribution in [0.15, 0.2) is 46.5 Å². The van der Waals surface area contributed by atoms with Gasteiger partial charge >= 0.3 is 5.97 Å². The number of rotatable bonds is 5. The van der Waals surface area contributed by atoms with Gasteiger partial charge in [0.05, 0.1) is 21.5 Å². The third-order valence-corrected chi connectivity index (χ3v) is 7.79. The zero-order chi connectivity index (χ0) is 23.1. The summed E-state index contributed by atoms with van der Waals surface area (Å²) in [6.45, 7) is 7.26. The second-order valence-corrected chi connectivity index (χ2v) is 11.5. The van der Waals surface area contributed by atoms with E-state index in [1.165, 1.54) is 44.2 Å². The number of nitrogens with zero attached hydrogens (tertiary/aromatic N) is 3. The molecular weight excluding hydrogens is 426 g/mol. The third kappa shape index (κ3) is 4.28. The van der Waals surface area contributed by atoms with Crippen LogP contribution in [-0.2, 0) is 21.8 Å². The molecule has 2 heterocycles. The molecule has 4 rings (SSSR count). The first kappa shape index (κ1) is 22.5. The minimum Gasteiger partial charge on any atom is -0.478 e. The van der Waals surface area contributed by atoms with Crippen LogP contribution in [0.2, 0.25) is 0 Å². The molecule has 0 spiro atoms. The van der Waals surface area contributed by atoms with Gasteiger partial charge in [0.25, 0.3) is 0 Å². The monoisotopic (exact) mass is 455 g/mol. The third-order valence-electron chi connectivity index (χ3n) is 6.12. The SMILES string of the molecule is CC(C)(C)c1nc2cc(S(=O)(=O)c3ccc(C(=O)O)cn3)ccc2n1CC1CCCCC1. The molecule has 0 aliphatic heterocycles.